The zero-order chi connectivity index (χ0) is 19.0. The molecule has 10 heteroatoms. The van der Waals surface area contributed by atoms with Gasteiger partial charge in [-0.25, -0.2) is 0 Å². The van der Waals surface area contributed by atoms with Crippen molar-refractivity contribution in [3.05, 3.63) is 34.9 Å². The number of hydrogen-bond acceptors (Lipinski definition) is 2. The van der Waals surface area contributed by atoms with Gasteiger partial charge in [-0.3, -0.25) is 4.90 Å². The Kier molecular flexibility index (Phi) is 8.96. The van der Waals surface area contributed by atoms with Crippen LogP contribution < -0.4 is 5.32 Å². The molecule has 1 aromatic rings. The normalized spacial score (nSPS) is 17.7. The zero-order valence-corrected chi connectivity index (χ0v) is 16.8. The van der Waals surface area contributed by atoms with E-state index in [2.05, 4.69) is 5.32 Å². The molecule has 1 N–H and O–H groups in total. The standard InChI is InChI=1S/C17H22F6N2.2ClH/c1-15(2,3)14(25-6-4-24-5-7-25)11-8-12(16(18,19)20)10-13(9-11)17(21,22)23;;/h8-10,14,24H,4-7H2,1-3H3;2*1H/t14-;;/m0../s1. The molecule has 0 saturated carbocycles. The molecule has 1 atom stereocenters. The Morgan fingerprint density at radius 3 is 1.56 bits per heavy atom. The molecule has 0 aromatic heterocycles. The average molecular weight is 441 g/mol. The van der Waals surface area contributed by atoms with E-state index < -0.39 is 34.9 Å². The number of nitrogens with one attached hydrogen (secondary N) is 1. The van der Waals surface area contributed by atoms with Crippen molar-refractivity contribution in [3.63, 3.8) is 0 Å². The molecule has 1 aliphatic rings. The molecular formula is C17H24Cl2F6N2. The molecule has 0 bridgehead atoms. The van der Waals surface area contributed by atoms with Crippen LogP contribution >= 0.6 is 24.8 Å². The molecular weight excluding hydrogens is 417 g/mol. The number of hydrogen-bond donors (Lipinski definition) is 1. The van der Waals surface area contributed by atoms with Crippen molar-refractivity contribution in [1.29, 1.82) is 0 Å². The Balaban J connectivity index is 0.00000338. The molecule has 27 heavy (non-hydrogen) atoms. The summed E-state index contributed by atoms with van der Waals surface area (Å²) in [6, 6.07) is 1.35. The molecule has 1 saturated heterocycles. The lowest BCUT2D eigenvalue weighted by Gasteiger charge is -2.43. The van der Waals surface area contributed by atoms with Gasteiger partial charge in [0.05, 0.1) is 11.1 Å². The van der Waals surface area contributed by atoms with E-state index in [9.17, 15) is 26.3 Å². The van der Waals surface area contributed by atoms with E-state index in [1.54, 1.807) is 0 Å². The van der Waals surface area contributed by atoms with Gasteiger partial charge in [-0.2, -0.15) is 26.3 Å². The maximum Gasteiger partial charge on any atom is 0.416 e. The summed E-state index contributed by atoms with van der Waals surface area (Å²) >= 11 is 0. The van der Waals surface area contributed by atoms with Gasteiger partial charge < -0.3 is 5.32 Å². The van der Waals surface area contributed by atoms with Crippen LogP contribution in [0.15, 0.2) is 18.2 Å². The molecule has 0 aliphatic carbocycles. The molecule has 2 rings (SSSR count). The minimum absolute atomic E-state index is 0. The second-order valence-electron chi connectivity index (χ2n) is 7.39. The lowest BCUT2D eigenvalue weighted by atomic mass is 9.80. The summed E-state index contributed by atoms with van der Waals surface area (Å²) in [5.41, 5.74) is -3.00. The minimum Gasteiger partial charge on any atom is -0.314 e. The maximum atomic E-state index is 13.1. The van der Waals surface area contributed by atoms with Crippen LogP contribution in [0.25, 0.3) is 0 Å². The van der Waals surface area contributed by atoms with Crippen molar-refractivity contribution >= 4 is 24.8 Å². The minimum atomic E-state index is -4.83. The summed E-state index contributed by atoms with van der Waals surface area (Å²) in [6.45, 7) is 7.92. The average Bonchev–Trinajstić information content (AvgIpc) is 2.45. The first-order valence-electron chi connectivity index (χ1n) is 8.04. The molecule has 0 unspecified atom stereocenters. The van der Waals surface area contributed by atoms with Crippen LogP contribution in [0.1, 0.15) is 43.5 Å². The fraction of sp³-hybridized carbons (Fsp3) is 0.647. The van der Waals surface area contributed by atoms with Gasteiger partial charge in [0, 0.05) is 32.2 Å². The number of halogens is 8. The van der Waals surface area contributed by atoms with Gasteiger partial charge in [0.1, 0.15) is 0 Å². The van der Waals surface area contributed by atoms with Crippen LogP contribution in [0.2, 0.25) is 0 Å². The fourth-order valence-corrected chi connectivity index (χ4v) is 3.34. The van der Waals surface area contributed by atoms with Gasteiger partial charge in [-0.1, -0.05) is 20.8 Å². The lowest BCUT2D eigenvalue weighted by molar-refractivity contribution is -0.143. The van der Waals surface area contributed by atoms with Crippen LogP contribution in [0.5, 0.6) is 0 Å². The predicted molar refractivity (Wildman–Crippen MR) is 97.6 cm³/mol. The summed E-state index contributed by atoms with van der Waals surface area (Å²) in [6.07, 6.45) is -9.66. The quantitative estimate of drug-likeness (QED) is 0.605. The van der Waals surface area contributed by atoms with Gasteiger partial charge >= 0.3 is 12.4 Å². The highest BCUT2D eigenvalue weighted by atomic mass is 35.5. The topological polar surface area (TPSA) is 15.3 Å². The Labute approximate surface area is 167 Å². The molecule has 0 amide bonds. The van der Waals surface area contributed by atoms with Gasteiger partial charge in [0.25, 0.3) is 0 Å². The van der Waals surface area contributed by atoms with Gasteiger partial charge in [0.15, 0.2) is 0 Å². The van der Waals surface area contributed by atoms with Crippen molar-refractivity contribution in [3.8, 4) is 0 Å². The first kappa shape index (κ1) is 26.3. The Morgan fingerprint density at radius 1 is 0.815 bits per heavy atom. The largest absolute Gasteiger partial charge is 0.416 e. The van der Waals surface area contributed by atoms with Crippen molar-refractivity contribution in [2.75, 3.05) is 26.2 Å². The van der Waals surface area contributed by atoms with Crippen LogP contribution in [0.3, 0.4) is 0 Å². The maximum absolute atomic E-state index is 13.1. The van der Waals surface area contributed by atoms with E-state index in [-0.39, 0.29) is 36.4 Å². The smallest absolute Gasteiger partial charge is 0.314 e. The number of alkyl halides is 6. The molecule has 1 aromatic carbocycles. The highest BCUT2D eigenvalue weighted by Crippen LogP contribution is 2.43. The van der Waals surface area contributed by atoms with Gasteiger partial charge in [-0.05, 0) is 29.2 Å². The monoisotopic (exact) mass is 440 g/mol. The zero-order valence-electron chi connectivity index (χ0n) is 15.2. The molecule has 2 nitrogen and oxygen atoms in total. The molecule has 1 aliphatic heterocycles. The summed E-state index contributed by atoms with van der Waals surface area (Å²) in [5, 5.41) is 3.14. The summed E-state index contributed by atoms with van der Waals surface area (Å²) in [5.74, 6) is 0. The molecule has 158 valence electrons. The van der Waals surface area contributed by atoms with E-state index in [0.29, 0.717) is 26.2 Å². The SMILES string of the molecule is CC(C)(C)[C@H](c1cc(C(F)(F)F)cc(C(F)(F)F)c1)N1CCNCC1.Cl.Cl. The third-order valence-electron chi connectivity index (χ3n) is 4.26. The number of rotatable bonds is 2. The highest BCUT2D eigenvalue weighted by molar-refractivity contribution is 5.85. The molecule has 1 fully saturated rings. The second-order valence-corrected chi connectivity index (χ2v) is 7.39. The first-order chi connectivity index (χ1) is 11.3. The molecule has 0 spiro atoms. The van der Waals surface area contributed by atoms with Crippen molar-refractivity contribution in [2.24, 2.45) is 5.41 Å². The van der Waals surface area contributed by atoms with Crippen LogP contribution in [0.4, 0.5) is 26.3 Å². The van der Waals surface area contributed by atoms with E-state index in [0.717, 1.165) is 12.1 Å². The van der Waals surface area contributed by atoms with Crippen LogP contribution in [0, 0.1) is 5.41 Å². The van der Waals surface area contributed by atoms with Crippen molar-refractivity contribution in [1.82, 2.24) is 10.2 Å². The summed E-state index contributed by atoms with van der Waals surface area (Å²) < 4.78 is 78.9. The van der Waals surface area contributed by atoms with Crippen molar-refractivity contribution in [2.45, 2.75) is 39.2 Å². The van der Waals surface area contributed by atoms with Gasteiger partial charge in [-0.15, -0.1) is 24.8 Å². The first-order valence-corrected chi connectivity index (χ1v) is 8.04. The Morgan fingerprint density at radius 2 is 1.22 bits per heavy atom. The lowest BCUT2D eigenvalue weighted by Crippen LogP contribution is -2.48. The van der Waals surface area contributed by atoms with E-state index in [1.165, 1.54) is 0 Å². The Bertz CT molecular complexity index is 573. The molecule has 0 radical (unpaired) electrons. The highest BCUT2D eigenvalue weighted by Gasteiger charge is 2.40. The molecule has 1 heterocycles. The second kappa shape index (κ2) is 9.20. The summed E-state index contributed by atoms with van der Waals surface area (Å²) in [4.78, 5) is 1.95. The van der Waals surface area contributed by atoms with E-state index >= 15 is 0 Å². The third kappa shape index (κ3) is 6.69. The van der Waals surface area contributed by atoms with Crippen molar-refractivity contribution < 1.29 is 26.3 Å². The summed E-state index contributed by atoms with van der Waals surface area (Å²) in [7, 11) is 0. The van der Waals surface area contributed by atoms with E-state index in [1.807, 2.05) is 25.7 Å². The van der Waals surface area contributed by atoms with E-state index in [4.69, 9.17) is 0 Å². The third-order valence-corrected chi connectivity index (χ3v) is 4.26. The predicted octanol–water partition coefficient (Wildman–Crippen LogP) is 5.56. The van der Waals surface area contributed by atoms with Gasteiger partial charge in [0.2, 0.25) is 0 Å². The number of benzene rings is 1. The van der Waals surface area contributed by atoms with Crippen LogP contribution in [-0.4, -0.2) is 31.1 Å². The Hall–Kier alpha value is -0.700. The number of piperazine rings is 1. The van der Waals surface area contributed by atoms with Crippen LogP contribution in [-0.2, 0) is 12.4 Å². The number of nitrogens with zero attached hydrogens (tertiary/aromatic N) is 1. The fourth-order valence-electron chi connectivity index (χ4n) is 3.34.